The number of piperidine rings is 1. The van der Waals surface area contributed by atoms with Crippen LogP contribution in [0.15, 0.2) is 0 Å². The first-order valence-electron chi connectivity index (χ1n) is 8.61. The van der Waals surface area contributed by atoms with E-state index in [1.54, 1.807) is 19.3 Å². The number of aliphatic hydroxyl groups excluding tert-OH is 1. The highest BCUT2D eigenvalue weighted by Gasteiger charge is 2.50. The van der Waals surface area contributed by atoms with Crippen molar-refractivity contribution in [2.45, 2.75) is 63.9 Å². The summed E-state index contributed by atoms with van der Waals surface area (Å²) in [7, 11) is 0. The number of β-amino-alcohol motifs (C(OH)–C–C–N with tert-alkyl or cyclic N) is 1. The summed E-state index contributed by atoms with van der Waals surface area (Å²) >= 11 is 0. The molecule has 4 aliphatic carbocycles. The minimum absolute atomic E-state index is 0.0508. The Balaban J connectivity index is 1.37. The van der Waals surface area contributed by atoms with Crippen LogP contribution in [0, 0.1) is 23.2 Å². The maximum Gasteiger partial charge on any atom is 0.0667 e. The van der Waals surface area contributed by atoms with Crippen molar-refractivity contribution in [2.75, 3.05) is 19.6 Å². The molecule has 4 bridgehead atoms. The standard InChI is InChI=1S/C17H29NO/c19-16-2-1-4-18(12-16)5-3-17-9-13-6-14(10-17)8-15(7-13)11-17/h13-16,19H,1-12H2. The number of aliphatic hydroxyl groups is 1. The second-order valence-corrected chi connectivity index (χ2v) is 8.26. The van der Waals surface area contributed by atoms with Gasteiger partial charge in [-0.25, -0.2) is 0 Å². The Kier molecular flexibility index (Phi) is 3.15. The first-order chi connectivity index (χ1) is 9.21. The number of likely N-dealkylation sites (tertiary alicyclic amines) is 1. The Morgan fingerprint density at radius 3 is 2.21 bits per heavy atom. The summed E-state index contributed by atoms with van der Waals surface area (Å²) in [5, 5.41) is 9.80. The summed E-state index contributed by atoms with van der Waals surface area (Å²) in [6.07, 6.45) is 12.9. The van der Waals surface area contributed by atoms with Gasteiger partial charge < -0.3 is 10.0 Å². The van der Waals surface area contributed by atoms with Gasteiger partial charge in [0.25, 0.3) is 0 Å². The molecule has 5 fully saturated rings. The highest BCUT2D eigenvalue weighted by molar-refractivity contribution is 5.01. The maximum absolute atomic E-state index is 9.80. The molecule has 19 heavy (non-hydrogen) atoms. The van der Waals surface area contributed by atoms with Gasteiger partial charge in [-0.2, -0.15) is 0 Å². The van der Waals surface area contributed by atoms with E-state index in [1.807, 2.05) is 0 Å². The topological polar surface area (TPSA) is 23.5 Å². The summed E-state index contributed by atoms with van der Waals surface area (Å²) in [6.45, 7) is 3.42. The molecular formula is C17H29NO. The monoisotopic (exact) mass is 263 g/mol. The molecule has 0 amide bonds. The molecule has 0 aromatic carbocycles. The van der Waals surface area contributed by atoms with Crippen LogP contribution in [0.4, 0.5) is 0 Å². The third-order valence-electron chi connectivity index (χ3n) is 6.60. The molecular weight excluding hydrogens is 234 g/mol. The SMILES string of the molecule is OC1CCCN(CCC23CC4CC(CC(C4)C2)C3)C1. The van der Waals surface area contributed by atoms with E-state index in [9.17, 15) is 5.11 Å². The molecule has 5 rings (SSSR count). The van der Waals surface area contributed by atoms with Crippen molar-refractivity contribution in [2.24, 2.45) is 23.2 Å². The Labute approximate surface area is 117 Å². The van der Waals surface area contributed by atoms with Crippen LogP contribution in [-0.2, 0) is 0 Å². The first kappa shape index (κ1) is 12.6. The van der Waals surface area contributed by atoms with E-state index in [0.717, 1.165) is 36.1 Å². The molecule has 1 saturated heterocycles. The highest BCUT2D eigenvalue weighted by Crippen LogP contribution is 2.61. The minimum Gasteiger partial charge on any atom is -0.392 e. The average Bonchev–Trinajstić information content (AvgIpc) is 2.35. The summed E-state index contributed by atoms with van der Waals surface area (Å²) in [6, 6.07) is 0. The molecule has 1 unspecified atom stereocenters. The molecule has 1 aliphatic heterocycles. The van der Waals surface area contributed by atoms with Gasteiger partial charge in [0, 0.05) is 6.54 Å². The lowest BCUT2D eigenvalue weighted by Crippen LogP contribution is -2.48. The van der Waals surface area contributed by atoms with Crippen LogP contribution in [0.5, 0.6) is 0 Å². The first-order valence-corrected chi connectivity index (χ1v) is 8.61. The van der Waals surface area contributed by atoms with Gasteiger partial charge in [0.15, 0.2) is 0 Å². The van der Waals surface area contributed by atoms with E-state index in [1.165, 1.54) is 45.2 Å². The molecule has 1 atom stereocenters. The second-order valence-electron chi connectivity index (χ2n) is 8.26. The van der Waals surface area contributed by atoms with Gasteiger partial charge in [-0.05, 0) is 94.0 Å². The van der Waals surface area contributed by atoms with Crippen LogP contribution < -0.4 is 0 Å². The molecule has 2 nitrogen and oxygen atoms in total. The van der Waals surface area contributed by atoms with E-state index in [-0.39, 0.29) is 6.10 Å². The third kappa shape index (κ3) is 2.47. The fourth-order valence-corrected chi connectivity index (χ4v) is 6.23. The van der Waals surface area contributed by atoms with Gasteiger partial charge in [0.1, 0.15) is 0 Å². The highest BCUT2D eigenvalue weighted by atomic mass is 16.3. The van der Waals surface area contributed by atoms with E-state index in [4.69, 9.17) is 0 Å². The van der Waals surface area contributed by atoms with Crippen LogP contribution in [0.25, 0.3) is 0 Å². The lowest BCUT2D eigenvalue weighted by atomic mass is 9.49. The number of rotatable bonds is 3. The van der Waals surface area contributed by atoms with Crippen LogP contribution >= 0.6 is 0 Å². The summed E-state index contributed by atoms with van der Waals surface area (Å²) < 4.78 is 0. The fraction of sp³-hybridized carbons (Fsp3) is 1.00. The molecule has 0 radical (unpaired) electrons. The van der Waals surface area contributed by atoms with Crippen LogP contribution in [-0.4, -0.2) is 35.7 Å². The molecule has 4 saturated carbocycles. The van der Waals surface area contributed by atoms with Crippen molar-refractivity contribution in [1.82, 2.24) is 4.90 Å². The Morgan fingerprint density at radius 1 is 1.00 bits per heavy atom. The average molecular weight is 263 g/mol. The second kappa shape index (κ2) is 4.73. The zero-order chi connectivity index (χ0) is 12.9. The van der Waals surface area contributed by atoms with Crippen molar-refractivity contribution in [3.8, 4) is 0 Å². The van der Waals surface area contributed by atoms with Crippen molar-refractivity contribution >= 4 is 0 Å². The molecule has 5 aliphatic rings. The summed E-state index contributed by atoms with van der Waals surface area (Å²) in [4.78, 5) is 2.53. The Hall–Kier alpha value is -0.0800. The van der Waals surface area contributed by atoms with Gasteiger partial charge in [0.05, 0.1) is 6.10 Å². The number of hydrogen-bond donors (Lipinski definition) is 1. The third-order valence-corrected chi connectivity index (χ3v) is 6.60. The Morgan fingerprint density at radius 2 is 1.63 bits per heavy atom. The molecule has 1 heterocycles. The molecule has 2 heteroatoms. The van der Waals surface area contributed by atoms with Crippen LogP contribution in [0.3, 0.4) is 0 Å². The smallest absolute Gasteiger partial charge is 0.0667 e. The fourth-order valence-electron chi connectivity index (χ4n) is 6.23. The quantitative estimate of drug-likeness (QED) is 0.846. The molecule has 1 N–H and O–H groups in total. The largest absolute Gasteiger partial charge is 0.392 e. The van der Waals surface area contributed by atoms with Gasteiger partial charge >= 0.3 is 0 Å². The van der Waals surface area contributed by atoms with Gasteiger partial charge in [0.2, 0.25) is 0 Å². The van der Waals surface area contributed by atoms with E-state index in [0.29, 0.717) is 0 Å². The molecule has 0 spiro atoms. The molecule has 0 aromatic heterocycles. The number of hydrogen-bond acceptors (Lipinski definition) is 2. The zero-order valence-corrected chi connectivity index (χ0v) is 12.2. The van der Waals surface area contributed by atoms with Crippen molar-refractivity contribution < 1.29 is 5.11 Å². The van der Waals surface area contributed by atoms with Crippen molar-refractivity contribution in [3.05, 3.63) is 0 Å². The maximum atomic E-state index is 9.80. The summed E-state index contributed by atoms with van der Waals surface area (Å²) in [5.74, 6) is 3.24. The Bertz CT molecular complexity index is 305. The van der Waals surface area contributed by atoms with E-state index in [2.05, 4.69) is 4.90 Å². The van der Waals surface area contributed by atoms with Crippen LogP contribution in [0.2, 0.25) is 0 Å². The van der Waals surface area contributed by atoms with E-state index >= 15 is 0 Å². The number of nitrogens with zero attached hydrogens (tertiary/aromatic N) is 1. The molecule has 108 valence electrons. The van der Waals surface area contributed by atoms with Gasteiger partial charge in [-0.15, -0.1) is 0 Å². The van der Waals surface area contributed by atoms with Gasteiger partial charge in [-0.3, -0.25) is 0 Å². The zero-order valence-electron chi connectivity index (χ0n) is 12.2. The predicted octanol–water partition coefficient (Wildman–Crippen LogP) is 3.05. The molecule has 0 aromatic rings. The minimum atomic E-state index is -0.0508. The predicted molar refractivity (Wildman–Crippen MR) is 76.9 cm³/mol. The van der Waals surface area contributed by atoms with Crippen molar-refractivity contribution in [1.29, 1.82) is 0 Å². The van der Waals surface area contributed by atoms with E-state index < -0.39 is 0 Å². The van der Waals surface area contributed by atoms with Crippen LogP contribution in [0.1, 0.15) is 57.8 Å². The van der Waals surface area contributed by atoms with Gasteiger partial charge in [-0.1, -0.05) is 0 Å². The van der Waals surface area contributed by atoms with Crippen molar-refractivity contribution in [3.63, 3.8) is 0 Å². The normalized spacial score (nSPS) is 49.7. The lowest BCUT2D eigenvalue weighted by molar-refractivity contribution is -0.0634. The summed E-state index contributed by atoms with van der Waals surface area (Å²) in [5.41, 5.74) is 0.719. The lowest BCUT2D eigenvalue weighted by Gasteiger charge is -2.57.